The highest BCUT2D eigenvalue weighted by molar-refractivity contribution is 5.91. The Morgan fingerprint density at radius 3 is 2.48 bits per heavy atom. The molecule has 1 amide bonds. The number of non-ortho nitro benzene ring substituents is 1. The number of ether oxygens (including phenoxy) is 1. The maximum absolute atomic E-state index is 11.8. The van der Waals surface area contributed by atoms with Crippen LogP contribution in [0.15, 0.2) is 24.3 Å². The highest BCUT2D eigenvalue weighted by Gasteiger charge is 2.13. The van der Waals surface area contributed by atoms with E-state index >= 15 is 0 Å². The predicted molar refractivity (Wildman–Crippen MR) is 85.1 cm³/mol. The van der Waals surface area contributed by atoms with E-state index in [0.29, 0.717) is 0 Å². The summed E-state index contributed by atoms with van der Waals surface area (Å²) in [6.45, 7) is 3.65. The fourth-order valence-corrected chi connectivity index (χ4v) is 2.02. The first kappa shape index (κ1) is 18.6. The fourth-order valence-electron chi connectivity index (χ4n) is 2.02. The largest absolute Gasteiger partial charge is 0.452 e. The van der Waals surface area contributed by atoms with Gasteiger partial charge in [-0.3, -0.25) is 14.9 Å². The third kappa shape index (κ3) is 6.90. The Hall–Kier alpha value is -2.44. The monoisotopic (exact) mass is 322 g/mol. The van der Waals surface area contributed by atoms with Crippen molar-refractivity contribution in [2.75, 3.05) is 6.61 Å². The molecule has 0 aromatic heterocycles. The predicted octanol–water partition coefficient (Wildman–Crippen LogP) is 2.84. The molecule has 1 atom stereocenters. The normalized spacial score (nSPS) is 11.6. The maximum Gasteiger partial charge on any atom is 0.338 e. The van der Waals surface area contributed by atoms with Crippen LogP contribution in [0, 0.1) is 10.1 Å². The molecule has 0 saturated heterocycles. The number of nitrogens with one attached hydrogen (secondary N) is 1. The summed E-state index contributed by atoms with van der Waals surface area (Å²) in [5.41, 5.74) is 0.0552. The Morgan fingerprint density at radius 1 is 1.26 bits per heavy atom. The Morgan fingerprint density at radius 2 is 1.91 bits per heavy atom. The third-order valence-corrected chi connectivity index (χ3v) is 3.30. The van der Waals surface area contributed by atoms with Gasteiger partial charge in [-0.25, -0.2) is 4.79 Å². The van der Waals surface area contributed by atoms with E-state index in [0.717, 1.165) is 25.7 Å². The number of hydrogen-bond acceptors (Lipinski definition) is 5. The Bertz CT molecular complexity index is 542. The van der Waals surface area contributed by atoms with E-state index in [-0.39, 0.29) is 29.8 Å². The molecule has 0 heterocycles. The van der Waals surface area contributed by atoms with Crippen LogP contribution in [0.1, 0.15) is 49.9 Å². The zero-order chi connectivity index (χ0) is 17.2. The van der Waals surface area contributed by atoms with Crippen LogP contribution >= 0.6 is 0 Å². The summed E-state index contributed by atoms with van der Waals surface area (Å²) < 4.78 is 4.90. The van der Waals surface area contributed by atoms with E-state index in [2.05, 4.69) is 12.2 Å². The number of nitro benzene ring substituents is 1. The van der Waals surface area contributed by atoms with Gasteiger partial charge in [0.2, 0.25) is 0 Å². The standard InChI is InChI=1S/C16H22N2O5/c1-3-4-5-6-12(2)17-15(19)11-23-16(20)13-7-9-14(10-8-13)18(21)22/h7-10,12H,3-6,11H2,1-2H3,(H,17,19)/t12-/m0/s1. The molecule has 7 heteroatoms. The fraction of sp³-hybridized carbons (Fsp3) is 0.500. The lowest BCUT2D eigenvalue weighted by molar-refractivity contribution is -0.384. The van der Waals surface area contributed by atoms with E-state index in [1.165, 1.54) is 24.3 Å². The van der Waals surface area contributed by atoms with Gasteiger partial charge in [-0.1, -0.05) is 26.2 Å². The van der Waals surface area contributed by atoms with Crippen LogP contribution in [0.4, 0.5) is 5.69 Å². The third-order valence-electron chi connectivity index (χ3n) is 3.30. The lowest BCUT2D eigenvalue weighted by Gasteiger charge is -2.13. The number of carbonyl (C=O) groups excluding carboxylic acids is 2. The second kappa shape index (κ2) is 9.55. The van der Waals surface area contributed by atoms with E-state index in [9.17, 15) is 19.7 Å². The number of carbonyl (C=O) groups is 2. The van der Waals surface area contributed by atoms with Crippen LogP contribution in [0.25, 0.3) is 0 Å². The van der Waals surface area contributed by atoms with Gasteiger partial charge in [0.15, 0.2) is 6.61 Å². The Kier molecular flexibility index (Phi) is 7.73. The molecule has 0 saturated carbocycles. The second-order valence-corrected chi connectivity index (χ2v) is 5.34. The molecule has 0 aliphatic carbocycles. The molecule has 7 nitrogen and oxygen atoms in total. The molecule has 23 heavy (non-hydrogen) atoms. The SMILES string of the molecule is CCCCC[C@H](C)NC(=O)COC(=O)c1ccc([N+](=O)[O-])cc1. The van der Waals surface area contributed by atoms with E-state index < -0.39 is 10.9 Å². The van der Waals surface area contributed by atoms with Crippen molar-refractivity contribution in [2.24, 2.45) is 0 Å². The first-order chi connectivity index (χ1) is 10.9. The van der Waals surface area contributed by atoms with Gasteiger partial charge in [0.25, 0.3) is 11.6 Å². The first-order valence-corrected chi connectivity index (χ1v) is 7.65. The van der Waals surface area contributed by atoms with Crippen molar-refractivity contribution in [3.05, 3.63) is 39.9 Å². The molecule has 1 N–H and O–H groups in total. The van der Waals surface area contributed by atoms with Gasteiger partial charge in [0.05, 0.1) is 10.5 Å². The summed E-state index contributed by atoms with van der Waals surface area (Å²) in [6, 6.07) is 5.06. The number of esters is 1. The molecule has 0 bridgehead atoms. The van der Waals surface area contributed by atoms with Gasteiger partial charge < -0.3 is 10.1 Å². The first-order valence-electron chi connectivity index (χ1n) is 7.65. The Balaban J connectivity index is 2.37. The van der Waals surface area contributed by atoms with E-state index in [1.54, 1.807) is 0 Å². The average Bonchev–Trinajstić information content (AvgIpc) is 2.53. The van der Waals surface area contributed by atoms with E-state index in [1.807, 2.05) is 6.92 Å². The van der Waals surface area contributed by atoms with Gasteiger partial charge >= 0.3 is 5.97 Å². The molecule has 1 rings (SSSR count). The number of hydrogen-bond donors (Lipinski definition) is 1. The van der Waals surface area contributed by atoms with Crippen LogP contribution in [0.2, 0.25) is 0 Å². The van der Waals surface area contributed by atoms with Crippen LogP contribution in [-0.2, 0) is 9.53 Å². The molecule has 126 valence electrons. The van der Waals surface area contributed by atoms with Crippen LogP contribution in [-0.4, -0.2) is 29.4 Å². The number of amides is 1. The molecule has 0 unspecified atom stereocenters. The van der Waals surface area contributed by atoms with Crippen molar-refractivity contribution in [3.8, 4) is 0 Å². The molecule has 0 fully saturated rings. The van der Waals surface area contributed by atoms with Crippen LogP contribution < -0.4 is 5.32 Å². The Labute approximate surface area is 135 Å². The van der Waals surface area contributed by atoms with Gasteiger partial charge in [-0.05, 0) is 25.5 Å². The highest BCUT2D eigenvalue weighted by Crippen LogP contribution is 2.12. The highest BCUT2D eigenvalue weighted by atomic mass is 16.6. The summed E-state index contributed by atoms with van der Waals surface area (Å²) in [6.07, 6.45) is 4.17. The average molecular weight is 322 g/mol. The second-order valence-electron chi connectivity index (χ2n) is 5.34. The van der Waals surface area contributed by atoms with Crippen molar-refractivity contribution >= 4 is 17.6 Å². The number of unbranched alkanes of at least 4 members (excludes halogenated alkanes) is 2. The van der Waals surface area contributed by atoms with Crippen LogP contribution in [0.5, 0.6) is 0 Å². The molecule has 0 aliphatic heterocycles. The minimum Gasteiger partial charge on any atom is -0.452 e. The smallest absolute Gasteiger partial charge is 0.338 e. The summed E-state index contributed by atoms with van der Waals surface area (Å²) in [7, 11) is 0. The summed E-state index contributed by atoms with van der Waals surface area (Å²) in [4.78, 5) is 33.4. The van der Waals surface area contributed by atoms with Gasteiger partial charge in [-0.2, -0.15) is 0 Å². The topological polar surface area (TPSA) is 98.5 Å². The summed E-state index contributed by atoms with van der Waals surface area (Å²) >= 11 is 0. The van der Waals surface area contributed by atoms with Gasteiger partial charge in [-0.15, -0.1) is 0 Å². The minimum absolute atomic E-state index is 0.0344. The number of benzene rings is 1. The molecular weight excluding hydrogens is 300 g/mol. The van der Waals surface area contributed by atoms with Crippen molar-refractivity contribution in [1.29, 1.82) is 0 Å². The zero-order valence-corrected chi connectivity index (χ0v) is 13.4. The number of nitrogens with zero attached hydrogens (tertiary/aromatic N) is 1. The number of nitro groups is 1. The van der Waals surface area contributed by atoms with Crippen molar-refractivity contribution in [1.82, 2.24) is 5.32 Å². The van der Waals surface area contributed by atoms with Crippen molar-refractivity contribution < 1.29 is 19.2 Å². The lowest BCUT2D eigenvalue weighted by atomic mass is 10.1. The van der Waals surface area contributed by atoms with E-state index in [4.69, 9.17) is 4.74 Å². The molecule has 0 spiro atoms. The number of rotatable bonds is 9. The molecule has 0 radical (unpaired) electrons. The quantitative estimate of drug-likeness (QED) is 0.326. The summed E-state index contributed by atoms with van der Waals surface area (Å²) in [5.74, 6) is -1.04. The zero-order valence-electron chi connectivity index (χ0n) is 13.4. The molecule has 1 aromatic rings. The summed E-state index contributed by atoms with van der Waals surface area (Å²) in [5, 5.41) is 13.3. The van der Waals surface area contributed by atoms with Gasteiger partial charge in [0.1, 0.15) is 0 Å². The lowest BCUT2D eigenvalue weighted by Crippen LogP contribution is -2.35. The van der Waals surface area contributed by atoms with Crippen molar-refractivity contribution in [3.63, 3.8) is 0 Å². The maximum atomic E-state index is 11.8. The molecule has 1 aromatic carbocycles. The minimum atomic E-state index is -0.686. The molecular formula is C16H22N2O5. The molecule has 0 aliphatic rings. The van der Waals surface area contributed by atoms with Crippen LogP contribution in [0.3, 0.4) is 0 Å². The van der Waals surface area contributed by atoms with Crippen molar-refractivity contribution in [2.45, 2.75) is 45.6 Å². The van der Waals surface area contributed by atoms with Gasteiger partial charge in [0, 0.05) is 18.2 Å².